The lowest BCUT2D eigenvalue weighted by Gasteiger charge is -2.14. The molecule has 2 heterocycles. The third-order valence-electron chi connectivity index (χ3n) is 6.00. The standard InChI is InChI=1S/C26H22N2O6S/c1-16-7-9-19(11-17(16)2)35(31,32)24-13-28(21-6-4-3-5-20(21)26(24)30)14-25(29)27-18-8-10-22-23(12-18)34-15-33-22/h3-13H,14-15H2,1-2H3,(H,27,29). The lowest BCUT2D eigenvalue weighted by molar-refractivity contribution is -0.116. The molecule has 0 aliphatic carbocycles. The fourth-order valence-electron chi connectivity index (χ4n) is 3.98. The van der Waals surface area contributed by atoms with Gasteiger partial charge in [0.2, 0.25) is 28.0 Å². The number of para-hydroxylation sites is 1. The minimum Gasteiger partial charge on any atom is -0.454 e. The molecule has 1 aliphatic rings. The van der Waals surface area contributed by atoms with Crippen LogP contribution >= 0.6 is 0 Å². The number of fused-ring (bicyclic) bond motifs is 2. The van der Waals surface area contributed by atoms with Crippen molar-refractivity contribution >= 4 is 32.3 Å². The van der Waals surface area contributed by atoms with Crippen molar-refractivity contribution in [1.29, 1.82) is 0 Å². The SMILES string of the molecule is Cc1ccc(S(=O)(=O)c2cn(CC(=O)Nc3ccc4c(c3)OCO4)c3ccccc3c2=O)cc1C. The van der Waals surface area contributed by atoms with E-state index in [4.69, 9.17) is 9.47 Å². The zero-order valence-electron chi connectivity index (χ0n) is 19.1. The first kappa shape index (κ1) is 22.7. The second kappa shape index (κ2) is 8.59. The van der Waals surface area contributed by atoms with Gasteiger partial charge in [-0.3, -0.25) is 9.59 Å². The second-order valence-electron chi connectivity index (χ2n) is 8.33. The molecule has 0 atom stereocenters. The Morgan fingerprint density at radius 2 is 1.74 bits per heavy atom. The normalized spacial score (nSPS) is 12.6. The summed E-state index contributed by atoms with van der Waals surface area (Å²) in [7, 11) is -4.12. The van der Waals surface area contributed by atoms with Crippen molar-refractivity contribution in [2.24, 2.45) is 0 Å². The van der Waals surface area contributed by atoms with E-state index < -0.39 is 21.2 Å². The molecule has 35 heavy (non-hydrogen) atoms. The lowest BCUT2D eigenvalue weighted by atomic mass is 10.1. The Morgan fingerprint density at radius 1 is 0.971 bits per heavy atom. The van der Waals surface area contributed by atoms with Gasteiger partial charge in [-0.1, -0.05) is 18.2 Å². The number of carbonyl (C=O) groups is 1. The van der Waals surface area contributed by atoms with E-state index in [2.05, 4.69) is 5.32 Å². The van der Waals surface area contributed by atoms with Crippen LogP contribution in [0.25, 0.3) is 10.9 Å². The molecule has 9 heteroatoms. The summed E-state index contributed by atoms with van der Waals surface area (Å²) in [6.45, 7) is 3.61. The number of pyridine rings is 1. The Bertz CT molecular complexity index is 1660. The van der Waals surface area contributed by atoms with Gasteiger partial charge in [0.15, 0.2) is 11.5 Å². The minimum absolute atomic E-state index is 0.0318. The predicted octanol–water partition coefficient (Wildman–Crippen LogP) is 3.82. The molecule has 4 aromatic rings. The monoisotopic (exact) mass is 490 g/mol. The third-order valence-corrected chi connectivity index (χ3v) is 7.75. The fraction of sp³-hybridized carbons (Fsp3) is 0.154. The van der Waals surface area contributed by atoms with Gasteiger partial charge in [0.05, 0.1) is 10.4 Å². The Balaban J connectivity index is 1.54. The third kappa shape index (κ3) is 4.15. The van der Waals surface area contributed by atoms with Crippen molar-refractivity contribution in [3.05, 3.63) is 88.2 Å². The number of carbonyl (C=O) groups excluding carboxylic acids is 1. The summed E-state index contributed by atoms with van der Waals surface area (Å²) in [4.78, 5) is 25.8. The summed E-state index contributed by atoms with van der Waals surface area (Å²) in [5, 5.41) is 3.00. The first-order chi connectivity index (χ1) is 16.7. The molecule has 0 bridgehead atoms. The zero-order valence-corrected chi connectivity index (χ0v) is 19.9. The van der Waals surface area contributed by atoms with Gasteiger partial charge in [-0.2, -0.15) is 0 Å². The molecule has 1 amide bonds. The van der Waals surface area contributed by atoms with Crippen LogP contribution < -0.4 is 20.2 Å². The van der Waals surface area contributed by atoms with Gasteiger partial charge in [0, 0.05) is 23.3 Å². The average Bonchev–Trinajstić information content (AvgIpc) is 3.30. The summed E-state index contributed by atoms with van der Waals surface area (Å²) in [6, 6.07) is 16.4. The number of ether oxygens (including phenoxy) is 2. The second-order valence-corrected chi connectivity index (χ2v) is 10.3. The first-order valence-electron chi connectivity index (χ1n) is 10.9. The van der Waals surface area contributed by atoms with Gasteiger partial charge >= 0.3 is 0 Å². The Kier molecular flexibility index (Phi) is 5.56. The van der Waals surface area contributed by atoms with Gasteiger partial charge in [-0.15, -0.1) is 0 Å². The van der Waals surface area contributed by atoms with Crippen LogP contribution in [0.4, 0.5) is 5.69 Å². The van der Waals surface area contributed by atoms with Gasteiger partial charge in [0.1, 0.15) is 11.4 Å². The molecular formula is C26H22N2O6S. The topological polar surface area (TPSA) is 104 Å². The van der Waals surface area contributed by atoms with Gasteiger partial charge in [0.25, 0.3) is 0 Å². The highest BCUT2D eigenvalue weighted by molar-refractivity contribution is 7.91. The number of hydrogen-bond donors (Lipinski definition) is 1. The molecule has 178 valence electrons. The Labute approximate surface area is 201 Å². The van der Waals surface area contributed by atoms with Crippen molar-refractivity contribution in [2.75, 3.05) is 12.1 Å². The molecule has 1 aliphatic heterocycles. The largest absolute Gasteiger partial charge is 0.454 e. The number of nitrogens with zero attached hydrogens (tertiary/aromatic N) is 1. The number of aromatic nitrogens is 1. The summed E-state index contributed by atoms with van der Waals surface area (Å²) in [6.07, 6.45) is 1.24. The summed E-state index contributed by atoms with van der Waals surface area (Å²) in [5.41, 5.74) is 2.10. The number of rotatable bonds is 5. The number of amides is 1. The van der Waals surface area contributed by atoms with Crippen molar-refractivity contribution < 1.29 is 22.7 Å². The van der Waals surface area contributed by atoms with Gasteiger partial charge in [-0.05, 0) is 61.4 Å². The van der Waals surface area contributed by atoms with Crippen molar-refractivity contribution in [2.45, 2.75) is 30.2 Å². The molecular weight excluding hydrogens is 468 g/mol. The Morgan fingerprint density at radius 3 is 2.54 bits per heavy atom. The molecule has 1 N–H and O–H groups in total. The molecule has 8 nitrogen and oxygen atoms in total. The van der Waals surface area contributed by atoms with E-state index in [1.54, 1.807) is 54.6 Å². The fourth-order valence-corrected chi connectivity index (χ4v) is 5.43. The molecule has 0 spiro atoms. The molecule has 0 saturated heterocycles. The van der Waals surface area contributed by atoms with Crippen molar-refractivity contribution in [3.63, 3.8) is 0 Å². The van der Waals surface area contributed by atoms with Crippen LogP contribution in [0, 0.1) is 13.8 Å². The van der Waals surface area contributed by atoms with Crippen LogP contribution in [-0.4, -0.2) is 25.7 Å². The van der Waals surface area contributed by atoms with Crippen LogP contribution in [0.3, 0.4) is 0 Å². The maximum absolute atomic E-state index is 13.5. The van der Waals surface area contributed by atoms with E-state index in [9.17, 15) is 18.0 Å². The van der Waals surface area contributed by atoms with Crippen LogP contribution in [0.2, 0.25) is 0 Å². The van der Waals surface area contributed by atoms with E-state index in [0.717, 1.165) is 11.1 Å². The van der Waals surface area contributed by atoms with Crippen LogP contribution in [-0.2, 0) is 21.2 Å². The molecule has 0 radical (unpaired) electrons. The average molecular weight is 491 g/mol. The van der Waals surface area contributed by atoms with E-state index in [0.29, 0.717) is 22.7 Å². The van der Waals surface area contributed by atoms with E-state index in [1.165, 1.54) is 16.8 Å². The van der Waals surface area contributed by atoms with Gasteiger partial charge in [-0.25, -0.2) is 8.42 Å². The quantitative estimate of drug-likeness (QED) is 0.456. The van der Waals surface area contributed by atoms with Crippen molar-refractivity contribution in [3.8, 4) is 11.5 Å². The lowest BCUT2D eigenvalue weighted by Crippen LogP contribution is -2.24. The number of hydrogen-bond acceptors (Lipinski definition) is 6. The zero-order chi connectivity index (χ0) is 24.7. The van der Waals surface area contributed by atoms with Gasteiger partial charge < -0.3 is 19.4 Å². The first-order valence-corrected chi connectivity index (χ1v) is 12.4. The van der Waals surface area contributed by atoms with Crippen LogP contribution in [0.5, 0.6) is 11.5 Å². The maximum Gasteiger partial charge on any atom is 0.244 e. The number of anilines is 1. The summed E-state index contributed by atoms with van der Waals surface area (Å²) in [5.74, 6) is 0.723. The maximum atomic E-state index is 13.5. The number of aryl methyl sites for hydroxylation is 2. The van der Waals surface area contributed by atoms with Crippen LogP contribution in [0.15, 0.2) is 81.4 Å². The molecule has 5 rings (SSSR count). The summed E-state index contributed by atoms with van der Waals surface area (Å²) >= 11 is 0. The molecule has 0 fully saturated rings. The van der Waals surface area contributed by atoms with Crippen LogP contribution in [0.1, 0.15) is 11.1 Å². The Hall–Kier alpha value is -4.11. The molecule has 3 aromatic carbocycles. The summed E-state index contributed by atoms with van der Waals surface area (Å²) < 4.78 is 39.0. The van der Waals surface area contributed by atoms with Crippen molar-refractivity contribution in [1.82, 2.24) is 4.57 Å². The number of benzene rings is 3. The number of nitrogens with one attached hydrogen (secondary N) is 1. The smallest absolute Gasteiger partial charge is 0.244 e. The molecule has 0 saturated carbocycles. The molecule has 0 unspecified atom stereocenters. The molecule has 1 aromatic heterocycles. The van der Waals surface area contributed by atoms with E-state index >= 15 is 0 Å². The number of sulfone groups is 1. The highest BCUT2D eigenvalue weighted by Gasteiger charge is 2.25. The van der Waals surface area contributed by atoms with E-state index in [-0.39, 0.29) is 28.5 Å². The predicted molar refractivity (Wildman–Crippen MR) is 131 cm³/mol. The minimum atomic E-state index is -4.12. The van der Waals surface area contributed by atoms with E-state index in [1.807, 2.05) is 13.8 Å². The highest BCUT2D eigenvalue weighted by Crippen LogP contribution is 2.34. The highest BCUT2D eigenvalue weighted by atomic mass is 32.2.